The van der Waals surface area contributed by atoms with Crippen LogP contribution in [-0.4, -0.2) is 37.0 Å². The Morgan fingerprint density at radius 1 is 1.03 bits per heavy atom. The fourth-order valence-electron chi connectivity index (χ4n) is 4.36. The third-order valence-electron chi connectivity index (χ3n) is 6.06. The zero-order chi connectivity index (χ0) is 26.9. The van der Waals surface area contributed by atoms with E-state index in [-0.39, 0.29) is 33.4 Å². The quantitative estimate of drug-likeness (QED) is 0.188. The molecule has 1 unspecified atom stereocenters. The van der Waals surface area contributed by atoms with Gasteiger partial charge in [0.05, 0.1) is 42.8 Å². The first-order valence-electron chi connectivity index (χ1n) is 11.2. The summed E-state index contributed by atoms with van der Waals surface area (Å²) in [4.78, 5) is 39.8. The summed E-state index contributed by atoms with van der Waals surface area (Å²) in [6.07, 6.45) is 0.0617. The molecular weight excluding hydrogens is 517 g/mol. The highest BCUT2D eigenvalue weighted by Crippen LogP contribution is 2.45. The van der Waals surface area contributed by atoms with Crippen LogP contribution >= 0.6 is 23.2 Å². The monoisotopic (exact) mass is 539 g/mol. The molecule has 0 saturated carbocycles. The molecule has 0 aliphatic carbocycles. The highest BCUT2D eigenvalue weighted by molar-refractivity contribution is 6.52. The largest absolute Gasteiger partial charge is 0.507 e. The minimum absolute atomic E-state index is 0.0617. The number of ether oxygens (including phenoxy) is 2. The van der Waals surface area contributed by atoms with Gasteiger partial charge < -0.3 is 14.6 Å². The van der Waals surface area contributed by atoms with Gasteiger partial charge in [0.15, 0.2) is 0 Å². The summed E-state index contributed by atoms with van der Waals surface area (Å²) in [6, 6.07) is 15.9. The van der Waals surface area contributed by atoms with Gasteiger partial charge in [0.1, 0.15) is 11.5 Å². The van der Waals surface area contributed by atoms with Gasteiger partial charge >= 0.3 is 5.97 Å². The number of aliphatic hydroxyl groups is 1. The second-order valence-corrected chi connectivity index (χ2v) is 9.31. The van der Waals surface area contributed by atoms with Crippen LogP contribution in [0.25, 0.3) is 5.76 Å². The number of esters is 1. The first-order chi connectivity index (χ1) is 17.7. The number of Topliss-reactive ketones (excluding diaryl/α,β-unsaturated/α-hetero) is 1. The Morgan fingerprint density at radius 2 is 1.73 bits per heavy atom. The molecule has 3 aromatic rings. The fourth-order valence-corrected chi connectivity index (χ4v) is 4.93. The molecule has 0 aromatic heterocycles. The Hall–Kier alpha value is -3.81. The van der Waals surface area contributed by atoms with Crippen LogP contribution in [0.4, 0.5) is 5.69 Å². The summed E-state index contributed by atoms with van der Waals surface area (Å²) in [5.41, 5.74) is 2.57. The smallest absolute Gasteiger partial charge is 0.309 e. The third kappa shape index (κ3) is 5.05. The highest BCUT2D eigenvalue weighted by Gasteiger charge is 2.47. The average Bonchev–Trinajstić information content (AvgIpc) is 3.14. The molecule has 1 aliphatic heterocycles. The van der Waals surface area contributed by atoms with Crippen molar-refractivity contribution in [1.82, 2.24) is 0 Å². The van der Waals surface area contributed by atoms with Crippen LogP contribution in [0.3, 0.4) is 0 Å². The van der Waals surface area contributed by atoms with Gasteiger partial charge in [-0.2, -0.15) is 0 Å². The molecule has 0 radical (unpaired) electrons. The van der Waals surface area contributed by atoms with E-state index in [0.29, 0.717) is 16.8 Å². The Kier molecular flexibility index (Phi) is 7.57. The topological polar surface area (TPSA) is 93.1 Å². The van der Waals surface area contributed by atoms with Crippen LogP contribution in [0.2, 0.25) is 10.0 Å². The summed E-state index contributed by atoms with van der Waals surface area (Å²) < 4.78 is 10.1. The number of aliphatic hydroxyl groups excluding tert-OH is 1. The number of carbonyl (C=O) groups is 3. The standard InChI is InChI=1S/C28H23Cl2NO6/c1-15-5-4-6-17(11-15)24-23(25(33)20-13-18(29)14-21(30)27(20)37-3)26(34)28(35)31(24)19-9-7-16(8-10-19)12-22(32)36-2/h4-11,13-14,24,33H,12H2,1-3H3/b25-23+. The normalized spacial score (nSPS) is 16.7. The molecule has 1 aliphatic rings. The zero-order valence-corrected chi connectivity index (χ0v) is 21.8. The molecule has 0 bridgehead atoms. The molecule has 190 valence electrons. The van der Waals surface area contributed by atoms with Crippen LogP contribution in [0, 0.1) is 6.92 Å². The average molecular weight is 540 g/mol. The second-order valence-electron chi connectivity index (χ2n) is 8.47. The third-order valence-corrected chi connectivity index (χ3v) is 6.56. The minimum Gasteiger partial charge on any atom is -0.507 e. The number of halogens is 2. The first-order valence-corrected chi connectivity index (χ1v) is 12.0. The Bertz CT molecular complexity index is 1430. The lowest BCUT2D eigenvalue weighted by molar-refractivity contribution is -0.139. The first kappa shape index (κ1) is 26.3. The molecule has 1 heterocycles. The number of anilines is 1. The lowest BCUT2D eigenvalue weighted by atomic mass is 9.94. The summed E-state index contributed by atoms with van der Waals surface area (Å²) in [5.74, 6) is -2.44. The van der Waals surface area contributed by atoms with Crippen LogP contribution in [0.5, 0.6) is 5.75 Å². The maximum atomic E-state index is 13.4. The van der Waals surface area contributed by atoms with Crippen molar-refractivity contribution >= 4 is 52.3 Å². The van der Waals surface area contributed by atoms with Gasteiger partial charge in [0.2, 0.25) is 0 Å². The SMILES string of the molecule is COC(=O)Cc1ccc(N2C(=O)C(=O)/C(=C(/O)c3cc(Cl)cc(Cl)c3OC)C2c2cccc(C)c2)cc1. The van der Waals surface area contributed by atoms with E-state index in [1.54, 1.807) is 36.4 Å². The second kappa shape index (κ2) is 10.7. The maximum Gasteiger partial charge on any atom is 0.309 e. The van der Waals surface area contributed by atoms with E-state index in [1.165, 1.54) is 31.3 Å². The van der Waals surface area contributed by atoms with E-state index in [1.807, 2.05) is 19.1 Å². The molecule has 1 atom stereocenters. The van der Waals surface area contributed by atoms with Gasteiger partial charge in [-0.1, -0.05) is 65.2 Å². The number of nitrogens with zero attached hydrogens (tertiary/aromatic N) is 1. The predicted molar refractivity (Wildman–Crippen MR) is 141 cm³/mol. The van der Waals surface area contributed by atoms with Gasteiger partial charge in [-0.15, -0.1) is 0 Å². The molecule has 1 fully saturated rings. The van der Waals surface area contributed by atoms with Crippen molar-refractivity contribution in [1.29, 1.82) is 0 Å². The molecule has 1 saturated heterocycles. The molecule has 1 N–H and O–H groups in total. The van der Waals surface area contributed by atoms with E-state index < -0.39 is 29.5 Å². The van der Waals surface area contributed by atoms with Gasteiger partial charge in [-0.05, 0) is 42.3 Å². The molecule has 4 rings (SSSR count). The van der Waals surface area contributed by atoms with Crippen molar-refractivity contribution in [2.45, 2.75) is 19.4 Å². The number of rotatable bonds is 6. The maximum absolute atomic E-state index is 13.4. The lowest BCUT2D eigenvalue weighted by Gasteiger charge is -2.26. The molecule has 9 heteroatoms. The van der Waals surface area contributed by atoms with Gasteiger partial charge in [-0.3, -0.25) is 19.3 Å². The number of carbonyl (C=O) groups excluding carboxylic acids is 3. The van der Waals surface area contributed by atoms with Crippen LogP contribution < -0.4 is 9.64 Å². The van der Waals surface area contributed by atoms with Crippen molar-refractivity contribution < 1.29 is 29.0 Å². The Morgan fingerprint density at radius 3 is 2.35 bits per heavy atom. The van der Waals surface area contributed by atoms with Crippen molar-refractivity contribution in [2.24, 2.45) is 0 Å². The minimum atomic E-state index is -0.950. The van der Waals surface area contributed by atoms with Crippen LogP contribution in [-0.2, 0) is 25.5 Å². The van der Waals surface area contributed by atoms with Gasteiger partial charge in [0, 0.05) is 10.7 Å². The van der Waals surface area contributed by atoms with Crippen LogP contribution in [0.15, 0.2) is 66.2 Å². The Balaban J connectivity index is 1.92. The van der Waals surface area contributed by atoms with Gasteiger partial charge in [-0.25, -0.2) is 0 Å². The number of hydrogen-bond acceptors (Lipinski definition) is 6. The van der Waals surface area contributed by atoms with Crippen molar-refractivity contribution in [3.63, 3.8) is 0 Å². The predicted octanol–water partition coefficient (Wildman–Crippen LogP) is 5.65. The summed E-state index contributed by atoms with van der Waals surface area (Å²) in [6.45, 7) is 1.89. The number of ketones is 1. The number of amides is 1. The van der Waals surface area contributed by atoms with E-state index in [4.69, 9.17) is 32.7 Å². The van der Waals surface area contributed by atoms with Crippen molar-refractivity contribution in [2.75, 3.05) is 19.1 Å². The number of methoxy groups -OCH3 is 2. The summed E-state index contributed by atoms with van der Waals surface area (Å²) in [5, 5.41) is 11.8. The number of aryl methyl sites for hydroxylation is 1. The van der Waals surface area contributed by atoms with Crippen LogP contribution in [0.1, 0.15) is 28.3 Å². The fraction of sp³-hybridized carbons (Fsp3) is 0.179. The molecule has 37 heavy (non-hydrogen) atoms. The van der Waals surface area contributed by atoms with Gasteiger partial charge in [0.25, 0.3) is 11.7 Å². The van der Waals surface area contributed by atoms with Crippen molar-refractivity contribution in [3.05, 3.63) is 98.5 Å². The summed E-state index contributed by atoms with van der Waals surface area (Å²) >= 11 is 12.5. The lowest BCUT2D eigenvalue weighted by Crippen LogP contribution is -2.29. The molecule has 0 spiro atoms. The van der Waals surface area contributed by atoms with Crippen molar-refractivity contribution in [3.8, 4) is 5.75 Å². The van der Waals surface area contributed by atoms with E-state index in [0.717, 1.165) is 5.56 Å². The Labute approximate surface area is 223 Å². The molecule has 1 amide bonds. The van der Waals surface area contributed by atoms with E-state index in [2.05, 4.69) is 0 Å². The molecular formula is C28H23Cl2NO6. The molecule has 7 nitrogen and oxygen atoms in total. The molecule has 3 aromatic carbocycles. The highest BCUT2D eigenvalue weighted by atomic mass is 35.5. The summed E-state index contributed by atoms with van der Waals surface area (Å²) in [7, 11) is 2.68. The zero-order valence-electron chi connectivity index (χ0n) is 20.2. The van der Waals surface area contributed by atoms with E-state index >= 15 is 0 Å². The van der Waals surface area contributed by atoms with E-state index in [9.17, 15) is 19.5 Å². The number of benzene rings is 3. The number of hydrogen-bond donors (Lipinski definition) is 1.